The summed E-state index contributed by atoms with van der Waals surface area (Å²) in [4.78, 5) is 29.3. The van der Waals surface area contributed by atoms with E-state index in [0.29, 0.717) is 12.1 Å². The number of benzene rings is 1. The number of hydrogen-bond acceptors (Lipinski definition) is 5. The second kappa shape index (κ2) is 4.19. The maximum absolute atomic E-state index is 13.2. The summed E-state index contributed by atoms with van der Waals surface area (Å²) in [5.74, 6) is -1.49. The maximum Gasteiger partial charge on any atom is 0.312 e. The summed E-state index contributed by atoms with van der Waals surface area (Å²) < 4.78 is 13.2. The molecule has 0 aliphatic rings. The van der Waals surface area contributed by atoms with Gasteiger partial charge in [-0.3, -0.25) is 25.0 Å². The van der Waals surface area contributed by atoms with Crippen LogP contribution < -0.4 is 0 Å². The lowest BCUT2D eigenvalue weighted by Gasteiger charge is -1.99. The number of halogens is 2. The molecule has 16 heavy (non-hydrogen) atoms. The molecule has 0 N–H and O–H groups in total. The zero-order chi connectivity index (χ0) is 12.5. The summed E-state index contributed by atoms with van der Waals surface area (Å²) in [5.41, 5.74) is -2.85. The van der Waals surface area contributed by atoms with Crippen molar-refractivity contribution in [1.29, 1.82) is 0 Å². The zero-order valence-corrected chi connectivity index (χ0v) is 8.10. The van der Waals surface area contributed by atoms with Gasteiger partial charge in [0, 0.05) is 6.07 Å². The quantitative estimate of drug-likeness (QED) is 0.462. The van der Waals surface area contributed by atoms with Crippen molar-refractivity contribution in [2.75, 3.05) is 0 Å². The third-order valence-corrected chi connectivity index (χ3v) is 1.86. The number of carbonyl (C=O) groups excluding carboxylic acids is 1. The van der Waals surface area contributed by atoms with E-state index in [1.807, 2.05) is 0 Å². The van der Waals surface area contributed by atoms with Crippen LogP contribution in [-0.4, -0.2) is 15.1 Å². The lowest BCUT2D eigenvalue weighted by Crippen LogP contribution is -2.02. The molecule has 0 bridgehead atoms. The van der Waals surface area contributed by atoms with Gasteiger partial charge in [0.1, 0.15) is 0 Å². The molecule has 0 fully saturated rings. The highest BCUT2D eigenvalue weighted by Crippen LogP contribution is 2.27. The van der Waals surface area contributed by atoms with E-state index in [1.54, 1.807) is 0 Å². The third-order valence-electron chi connectivity index (χ3n) is 1.66. The van der Waals surface area contributed by atoms with Crippen LogP contribution in [0.4, 0.5) is 15.8 Å². The van der Waals surface area contributed by atoms with E-state index < -0.39 is 37.8 Å². The van der Waals surface area contributed by atoms with Crippen LogP contribution in [0.5, 0.6) is 0 Å². The van der Waals surface area contributed by atoms with Gasteiger partial charge in [-0.2, -0.15) is 4.39 Å². The molecule has 0 spiro atoms. The first kappa shape index (κ1) is 12.0. The smallest absolute Gasteiger partial charge is 0.275 e. The van der Waals surface area contributed by atoms with Crippen LogP contribution >= 0.6 is 11.6 Å². The number of nitro benzene ring substituents is 2. The highest BCUT2D eigenvalue weighted by atomic mass is 35.5. The van der Waals surface area contributed by atoms with E-state index in [2.05, 4.69) is 0 Å². The molecule has 0 heterocycles. The number of carbonyl (C=O) groups is 1. The van der Waals surface area contributed by atoms with E-state index >= 15 is 0 Å². The van der Waals surface area contributed by atoms with E-state index in [1.165, 1.54) is 0 Å². The summed E-state index contributed by atoms with van der Waals surface area (Å²) in [5, 5.41) is 19.4. The topological polar surface area (TPSA) is 103 Å². The first-order chi connectivity index (χ1) is 7.34. The molecular weight excluding hydrogens is 247 g/mol. The average molecular weight is 249 g/mol. The van der Waals surface area contributed by atoms with Crippen LogP contribution in [0.15, 0.2) is 12.1 Å². The molecule has 1 aromatic rings. The largest absolute Gasteiger partial charge is 0.312 e. The molecule has 84 valence electrons. The van der Waals surface area contributed by atoms with Gasteiger partial charge < -0.3 is 0 Å². The number of non-ortho nitro benzene ring substituents is 1. The van der Waals surface area contributed by atoms with Crippen molar-refractivity contribution >= 4 is 28.2 Å². The predicted octanol–water partition coefficient (Wildman–Crippen LogP) is 2.02. The average Bonchev–Trinajstić information content (AvgIpc) is 2.16. The van der Waals surface area contributed by atoms with Crippen molar-refractivity contribution in [3.8, 4) is 0 Å². The predicted molar refractivity (Wildman–Crippen MR) is 49.9 cm³/mol. The van der Waals surface area contributed by atoms with Crippen LogP contribution in [0.25, 0.3) is 0 Å². The third kappa shape index (κ3) is 2.11. The first-order valence-electron chi connectivity index (χ1n) is 3.66. The lowest BCUT2D eigenvalue weighted by molar-refractivity contribution is -0.395. The Morgan fingerprint density at radius 1 is 1.25 bits per heavy atom. The van der Waals surface area contributed by atoms with Crippen molar-refractivity contribution in [2.45, 2.75) is 0 Å². The fraction of sp³-hybridized carbons (Fsp3) is 0. The molecule has 0 unspecified atom stereocenters. The number of rotatable bonds is 3. The molecule has 0 saturated carbocycles. The van der Waals surface area contributed by atoms with Crippen LogP contribution in [0, 0.1) is 26.0 Å². The van der Waals surface area contributed by atoms with Crippen molar-refractivity contribution in [3.05, 3.63) is 43.7 Å². The summed E-state index contributed by atoms with van der Waals surface area (Å²) in [6, 6.07) is 0.955. The number of nitro groups is 2. The minimum atomic E-state index is -1.49. The molecular formula is C7H2ClFN2O5. The van der Waals surface area contributed by atoms with Gasteiger partial charge in [0.2, 0.25) is 5.82 Å². The maximum atomic E-state index is 13.2. The molecule has 0 aromatic heterocycles. The molecule has 9 heteroatoms. The summed E-state index contributed by atoms with van der Waals surface area (Å²) in [7, 11) is 0. The Balaban J connectivity index is 3.57. The molecule has 0 radical (unpaired) electrons. The van der Waals surface area contributed by atoms with Crippen molar-refractivity contribution in [2.24, 2.45) is 0 Å². The van der Waals surface area contributed by atoms with Gasteiger partial charge in [-0.15, -0.1) is 0 Å². The van der Waals surface area contributed by atoms with E-state index in [4.69, 9.17) is 11.6 Å². The van der Waals surface area contributed by atoms with E-state index in [-0.39, 0.29) is 0 Å². The van der Waals surface area contributed by atoms with Gasteiger partial charge in [-0.05, 0) is 11.6 Å². The van der Waals surface area contributed by atoms with Crippen LogP contribution in [-0.2, 0) is 0 Å². The molecule has 0 aliphatic heterocycles. The first-order valence-corrected chi connectivity index (χ1v) is 4.04. The Hall–Kier alpha value is -2.09. The van der Waals surface area contributed by atoms with Crippen molar-refractivity contribution in [3.63, 3.8) is 0 Å². The van der Waals surface area contributed by atoms with E-state index in [0.717, 1.165) is 0 Å². The second-order valence-corrected chi connectivity index (χ2v) is 2.96. The lowest BCUT2D eigenvalue weighted by atomic mass is 10.1. The molecule has 0 amide bonds. The van der Waals surface area contributed by atoms with Gasteiger partial charge >= 0.3 is 5.69 Å². The number of nitrogens with zero attached hydrogens (tertiary/aromatic N) is 2. The van der Waals surface area contributed by atoms with Gasteiger partial charge in [0.05, 0.1) is 21.5 Å². The molecule has 0 saturated heterocycles. The molecule has 7 nitrogen and oxygen atoms in total. The standard InChI is InChI=1S/C7H2ClFN2O5/c8-7(12)4-1-3(10(13)14)2-5(6(4)9)11(15)16/h1-2H. The van der Waals surface area contributed by atoms with E-state index in [9.17, 15) is 29.4 Å². The normalized spacial score (nSPS) is 9.88. The second-order valence-electron chi connectivity index (χ2n) is 2.61. The Kier molecular flexibility index (Phi) is 3.14. The van der Waals surface area contributed by atoms with Gasteiger partial charge in [0.25, 0.3) is 10.9 Å². The number of hydrogen-bond donors (Lipinski definition) is 0. The Labute approximate surface area is 91.7 Å². The Morgan fingerprint density at radius 2 is 1.81 bits per heavy atom. The van der Waals surface area contributed by atoms with Gasteiger partial charge in [0.15, 0.2) is 0 Å². The Bertz CT molecular complexity index is 469. The van der Waals surface area contributed by atoms with Crippen molar-refractivity contribution in [1.82, 2.24) is 0 Å². The van der Waals surface area contributed by atoms with Crippen LogP contribution in [0.1, 0.15) is 10.4 Å². The van der Waals surface area contributed by atoms with Gasteiger partial charge in [-0.1, -0.05) is 0 Å². The van der Waals surface area contributed by atoms with Crippen LogP contribution in [0.3, 0.4) is 0 Å². The summed E-state index contributed by atoms with van der Waals surface area (Å²) in [6.45, 7) is 0. The highest BCUT2D eigenvalue weighted by molar-refractivity contribution is 6.67. The minimum absolute atomic E-state index is 0.415. The summed E-state index contributed by atoms with van der Waals surface area (Å²) in [6.07, 6.45) is 0. The fourth-order valence-electron chi connectivity index (χ4n) is 0.976. The molecule has 1 rings (SSSR count). The van der Waals surface area contributed by atoms with Crippen LogP contribution in [0.2, 0.25) is 0 Å². The molecule has 0 aliphatic carbocycles. The fourth-order valence-corrected chi connectivity index (χ4v) is 1.11. The Morgan fingerprint density at radius 3 is 2.19 bits per heavy atom. The molecule has 1 aromatic carbocycles. The van der Waals surface area contributed by atoms with Crippen molar-refractivity contribution < 1.29 is 19.0 Å². The molecule has 0 atom stereocenters. The van der Waals surface area contributed by atoms with Gasteiger partial charge in [-0.25, -0.2) is 0 Å². The SMILES string of the molecule is O=C(Cl)c1cc([N+](=O)[O-])cc([N+](=O)[O-])c1F. The zero-order valence-electron chi connectivity index (χ0n) is 7.35. The minimum Gasteiger partial charge on any atom is -0.275 e. The highest BCUT2D eigenvalue weighted by Gasteiger charge is 2.26. The monoisotopic (exact) mass is 248 g/mol. The summed E-state index contributed by atoms with van der Waals surface area (Å²) >= 11 is 4.94.